The maximum absolute atomic E-state index is 13.1. The van der Waals surface area contributed by atoms with Gasteiger partial charge in [-0.1, -0.05) is 53.0 Å². The fraction of sp³-hybridized carbons (Fsp3) is 0.235. The monoisotopic (exact) mass is 383 g/mol. The number of anilines is 1. The van der Waals surface area contributed by atoms with E-state index in [1.807, 2.05) is 0 Å². The molecule has 4 nitrogen and oxygen atoms in total. The number of para-hydroxylation sites is 1. The Hall–Kier alpha value is -1.30. The topological polar surface area (TPSA) is 38.8 Å². The summed E-state index contributed by atoms with van der Waals surface area (Å²) >= 11 is 18.6. The number of carbonyl (C=O) groups is 1. The highest BCUT2D eigenvalue weighted by atomic mass is 35.5. The van der Waals surface area contributed by atoms with Crippen molar-refractivity contribution in [2.24, 2.45) is 0 Å². The van der Waals surface area contributed by atoms with Gasteiger partial charge >= 0.3 is 0 Å². The zero-order chi connectivity index (χ0) is 16.9. The molecule has 1 spiro atoms. The van der Waals surface area contributed by atoms with Gasteiger partial charge in [-0.25, -0.2) is 0 Å². The SMILES string of the molecule is O=C1N(Cc2ccc(Cl)cc2Cl)c2c(Cl)cccc2C12OCCO2. The van der Waals surface area contributed by atoms with E-state index in [-0.39, 0.29) is 12.5 Å². The first-order valence-corrected chi connectivity index (χ1v) is 8.49. The van der Waals surface area contributed by atoms with Gasteiger partial charge in [-0.05, 0) is 23.8 Å². The molecule has 1 fully saturated rings. The van der Waals surface area contributed by atoms with Gasteiger partial charge in [0.15, 0.2) is 0 Å². The summed E-state index contributed by atoms with van der Waals surface area (Å²) in [5.41, 5.74) is 1.98. The number of nitrogens with zero attached hydrogens (tertiary/aromatic N) is 1. The normalized spacial score (nSPS) is 18.5. The predicted octanol–water partition coefficient (Wildman–Crippen LogP) is 4.39. The van der Waals surface area contributed by atoms with Crippen molar-refractivity contribution in [2.45, 2.75) is 12.3 Å². The second kappa shape index (κ2) is 5.90. The molecule has 1 amide bonds. The zero-order valence-corrected chi connectivity index (χ0v) is 14.7. The highest BCUT2D eigenvalue weighted by molar-refractivity contribution is 6.35. The summed E-state index contributed by atoms with van der Waals surface area (Å²) in [5, 5.41) is 1.48. The average Bonchev–Trinajstić information content (AvgIpc) is 3.12. The summed E-state index contributed by atoms with van der Waals surface area (Å²) in [6, 6.07) is 10.5. The van der Waals surface area contributed by atoms with Crippen LogP contribution in [0.25, 0.3) is 0 Å². The lowest BCUT2D eigenvalue weighted by atomic mass is 10.1. The van der Waals surface area contributed by atoms with E-state index < -0.39 is 5.79 Å². The molecule has 0 unspecified atom stereocenters. The molecule has 2 aromatic rings. The fourth-order valence-electron chi connectivity index (χ4n) is 3.11. The first-order chi connectivity index (χ1) is 11.5. The van der Waals surface area contributed by atoms with Crippen molar-refractivity contribution in [3.8, 4) is 0 Å². The Bertz CT molecular complexity index is 834. The van der Waals surface area contributed by atoms with Crippen LogP contribution in [0.1, 0.15) is 11.1 Å². The van der Waals surface area contributed by atoms with E-state index >= 15 is 0 Å². The number of rotatable bonds is 2. The maximum atomic E-state index is 13.1. The summed E-state index contributed by atoms with van der Waals surface area (Å²) in [6.45, 7) is 0.959. The van der Waals surface area contributed by atoms with E-state index in [1.165, 1.54) is 0 Å². The van der Waals surface area contributed by atoms with E-state index in [4.69, 9.17) is 44.3 Å². The minimum atomic E-state index is -1.40. The molecular weight excluding hydrogens is 373 g/mol. The van der Waals surface area contributed by atoms with Crippen LogP contribution in [0, 0.1) is 0 Å². The van der Waals surface area contributed by atoms with Gasteiger partial charge < -0.3 is 14.4 Å². The average molecular weight is 385 g/mol. The zero-order valence-electron chi connectivity index (χ0n) is 12.4. The molecular formula is C17H12Cl3NO3. The van der Waals surface area contributed by atoms with Crippen molar-refractivity contribution in [1.29, 1.82) is 0 Å². The first kappa shape index (κ1) is 16.2. The number of fused-ring (bicyclic) bond motifs is 2. The highest BCUT2D eigenvalue weighted by Crippen LogP contribution is 2.49. The molecule has 2 aromatic carbocycles. The summed E-state index contributed by atoms with van der Waals surface area (Å²) in [7, 11) is 0. The van der Waals surface area contributed by atoms with Gasteiger partial charge in [-0.15, -0.1) is 0 Å². The quantitative estimate of drug-likeness (QED) is 0.770. The fourth-order valence-corrected chi connectivity index (χ4v) is 3.86. The lowest BCUT2D eigenvalue weighted by Crippen LogP contribution is -2.41. The van der Waals surface area contributed by atoms with Gasteiger partial charge in [-0.3, -0.25) is 4.79 Å². The van der Waals surface area contributed by atoms with E-state index in [1.54, 1.807) is 41.3 Å². The van der Waals surface area contributed by atoms with E-state index in [0.717, 1.165) is 5.56 Å². The standard InChI is InChI=1S/C17H12Cl3NO3/c18-11-5-4-10(14(20)8-11)9-21-15-12(2-1-3-13(15)19)17(16(21)22)23-6-7-24-17/h1-5,8H,6-7,9H2. The smallest absolute Gasteiger partial charge is 0.292 e. The van der Waals surface area contributed by atoms with Gasteiger partial charge in [0.05, 0.1) is 30.5 Å². The first-order valence-electron chi connectivity index (χ1n) is 7.36. The lowest BCUT2D eigenvalue weighted by Gasteiger charge is -2.22. The maximum Gasteiger partial charge on any atom is 0.292 e. The minimum Gasteiger partial charge on any atom is -0.336 e. The molecule has 7 heteroatoms. The molecule has 0 saturated carbocycles. The van der Waals surface area contributed by atoms with Crippen molar-refractivity contribution in [2.75, 3.05) is 18.1 Å². The predicted molar refractivity (Wildman–Crippen MR) is 92.7 cm³/mol. The molecule has 0 N–H and O–H groups in total. The summed E-state index contributed by atoms with van der Waals surface area (Å²) in [6.07, 6.45) is 0. The second-order valence-electron chi connectivity index (χ2n) is 5.58. The van der Waals surface area contributed by atoms with E-state index in [0.29, 0.717) is 39.5 Å². The van der Waals surface area contributed by atoms with Crippen LogP contribution in [-0.2, 0) is 26.6 Å². The van der Waals surface area contributed by atoms with Gasteiger partial charge in [-0.2, -0.15) is 0 Å². The van der Waals surface area contributed by atoms with Crippen LogP contribution in [0.5, 0.6) is 0 Å². The van der Waals surface area contributed by atoms with Crippen molar-refractivity contribution < 1.29 is 14.3 Å². The Labute approximate surface area is 153 Å². The number of hydrogen-bond donors (Lipinski definition) is 0. The second-order valence-corrected chi connectivity index (χ2v) is 6.83. The van der Waals surface area contributed by atoms with Crippen molar-refractivity contribution in [3.63, 3.8) is 0 Å². The van der Waals surface area contributed by atoms with Crippen LogP contribution in [0.3, 0.4) is 0 Å². The molecule has 0 aromatic heterocycles. The van der Waals surface area contributed by atoms with E-state index in [9.17, 15) is 4.79 Å². The Balaban J connectivity index is 1.80. The highest BCUT2D eigenvalue weighted by Gasteiger charge is 2.56. The molecule has 2 aliphatic heterocycles. The summed E-state index contributed by atoms with van der Waals surface area (Å²) in [5.74, 6) is -1.70. The van der Waals surface area contributed by atoms with Crippen molar-refractivity contribution in [3.05, 3.63) is 62.6 Å². The number of benzene rings is 2. The van der Waals surface area contributed by atoms with Gasteiger partial charge in [0.25, 0.3) is 11.7 Å². The number of ether oxygens (including phenoxy) is 2. The van der Waals surface area contributed by atoms with Crippen LogP contribution in [0.15, 0.2) is 36.4 Å². The third-order valence-corrected chi connectivity index (χ3v) is 5.07. The molecule has 1 saturated heterocycles. The van der Waals surface area contributed by atoms with Gasteiger partial charge in [0, 0.05) is 15.6 Å². The van der Waals surface area contributed by atoms with Gasteiger partial charge in [0.2, 0.25) is 0 Å². The Morgan fingerprint density at radius 2 is 1.79 bits per heavy atom. The van der Waals surface area contributed by atoms with E-state index in [2.05, 4.69) is 0 Å². The van der Waals surface area contributed by atoms with Crippen LogP contribution >= 0.6 is 34.8 Å². The van der Waals surface area contributed by atoms with Crippen molar-refractivity contribution in [1.82, 2.24) is 0 Å². The summed E-state index contributed by atoms with van der Waals surface area (Å²) < 4.78 is 11.4. The summed E-state index contributed by atoms with van der Waals surface area (Å²) in [4.78, 5) is 14.6. The Kier molecular flexibility index (Phi) is 3.98. The van der Waals surface area contributed by atoms with Crippen LogP contribution in [0.4, 0.5) is 5.69 Å². The molecule has 0 atom stereocenters. The molecule has 0 bridgehead atoms. The minimum absolute atomic E-state index is 0.250. The Morgan fingerprint density at radius 1 is 1.04 bits per heavy atom. The molecule has 0 aliphatic carbocycles. The molecule has 2 heterocycles. The number of carbonyl (C=O) groups excluding carboxylic acids is 1. The van der Waals surface area contributed by atoms with Gasteiger partial charge in [0.1, 0.15) is 0 Å². The number of amides is 1. The van der Waals surface area contributed by atoms with Crippen LogP contribution in [0.2, 0.25) is 15.1 Å². The third-order valence-electron chi connectivity index (χ3n) is 4.18. The molecule has 4 rings (SSSR count). The molecule has 124 valence electrons. The number of hydrogen-bond acceptors (Lipinski definition) is 3. The van der Waals surface area contributed by atoms with Crippen LogP contribution < -0.4 is 4.90 Å². The largest absolute Gasteiger partial charge is 0.336 e. The molecule has 0 radical (unpaired) electrons. The van der Waals surface area contributed by atoms with Crippen LogP contribution in [-0.4, -0.2) is 19.1 Å². The lowest BCUT2D eigenvalue weighted by molar-refractivity contribution is -0.180. The molecule has 24 heavy (non-hydrogen) atoms. The number of halogens is 3. The molecule has 2 aliphatic rings. The third kappa shape index (κ3) is 2.33. The van der Waals surface area contributed by atoms with Crippen molar-refractivity contribution >= 4 is 46.4 Å². The Morgan fingerprint density at radius 3 is 2.50 bits per heavy atom.